The van der Waals surface area contributed by atoms with Crippen LogP contribution < -0.4 is 4.90 Å². The van der Waals surface area contributed by atoms with E-state index in [2.05, 4.69) is 36.8 Å². The van der Waals surface area contributed by atoms with Gasteiger partial charge in [0, 0.05) is 47.6 Å². The van der Waals surface area contributed by atoms with E-state index in [9.17, 15) is 9.90 Å². The summed E-state index contributed by atoms with van der Waals surface area (Å²) in [4.78, 5) is 22.1. The van der Waals surface area contributed by atoms with Crippen LogP contribution in [0.5, 0.6) is 5.75 Å². The lowest BCUT2D eigenvalue weighted by molar-refractivity contribution is 0.101. The number of piperazine rings is 1. The van der Waals surface area contributed by atoms with Gasteiger partial charge in [0.05, 0.1) is 5.56 Å². The molecule has 2 bridgehead atoms. The van der Waals surface area contributed by atoms with Crippen molar-refractivity contribution in [3.05, 3.63) is 63.9 Å². The Morgan fingerprint density at radius 3 is 2.78 bits per heavy atom. The van der Waals surface area contributed by atoms with Crippen LogP contribution >= 0.6 is 15.9 Å². The summed E-state index contributed by atoms with van der Waals surface area (Å²) in [6, 6.07) is 10.3. The van der Waals surface area contributed by atoms with E-state index in [4.69, 9.17) is 0 Å². The second-order valence-electron chi connectivity index (χ2n) is 7.48. The molecular formula is C21H20BrN3O2. The zero-order valence-corrected chi connectivity index (χ0v) is 16.4. The molecule has 2 saturated heterocycles. The summed E-state index contributed by atoms with van der Waals surface area (Å²) >= 11 is 3.50. The van der Waals surface area contributed by atoms with Crippen LogP contribution in [0.3, 0.4) is 0 Å². The molecule has 1 N–H and O–H groups in total. The lowest BCUT2D eigenvalue weighted by Gasteiger charge is -2.35. The van der Waals surface area contributed by atoms with Gasteiger partial charge in [-0.2, -0.15) is 0 Å². The molecule has 0 radical (unpaired) electrons. The average molecular weight is 426 g/mol. The lowest BCUT2D eigenvalue weighted by Crippen LogP contribution is -2.44. The molecule has 0 saturated carbocycles. The third-order valence-electron chi connectivity index (χ3n) is 5.94. The third kappa shape index (κ3) is 2.74. The molecule has 138 valence electrons. The van der Waals surface area contributed by atoms with E-state index in [-0.39, 0.29) is 11.5 Å². The zero-order chi connectivity index (χ0) is 18.5. The number of phenolic OH excluding ortho intramolecular Hbond substituents is 1. The van der Waals surface area contributed by atoms with Crippen LogP contribution in [0, 0.1) is 0 Å². The standard InChI is InChI=1S/C21H20BrN3O2/c22-17-6-7-18(26)20-16(17)5-4-13(21(20)27)10-24-11-15-9-14(24)12-25(15)19-3-1-2-8-23-19/h1-3,6-8,10,14-15,26H,4-5,9,11-12H2/b13-10+/t14-,15-/m1/s1. The number of Topliss-reactive ketones (excluding diaryl/α,β-unsaturated/α-hetero) is 1. The molecule has 0 unspecified atom stereocenters. The van der Waals surface area contributed by atoms with Crippen molar-refractivity contribution in [2.24, 2.45) is 0 Å². The smallest absolute Gasteiger partial charge is 0.194 e. The number of nitrogens with zero attached hydrogens (tertiary/aromatic N) is 3. The number of aromatic hydroxyl groups is 1. The number of phenols is 1. The van der Waals surface area contributed by atoms with Crippen molar-refractivity contribution in [3.63, 3.8) is 0 Å². The first-order valence-electron chi connectivity index (χ1n) is 9.31. The molecule has 1 aromatic carbocycles. The average Bonchev–Trinajstić information content (AvgIpc) is 3.28. The first-order chi connectivity index (χ1) is 13.1. The summed E-state index contributed by atoms with van der Waals surface area (Å²) in [7, 11) is 0. The molecule has 3 heterocycles. The maximum atomic E-state index is 13.0. The quantitative estimate of drug-likeness (QED) is 0.745. The Balaban J connectivity index is 1.37. The lowest BCUT2D eigenvalue weighted by atomic mass is 9.86. The topological polar surface area (TPSA) is 56.7 Å². The molecule has 0 amide bonds. The highest BCUT2D eigenvalue weighted by molar-refractivity contribution is 9.10. The summed E-state index contributed by atoms with van der Waals surface area (Å²) in [5.74, 6) is 1.07. The van der Waals surface area contributed by atoms with Crippen molar-refractivity contribution in [2.45, 2.75) is 31.3 Å². The number of carbonyl (C=O) groups excluding carboxylic acids is 1. The summed E-state index contributed by atoms with van der Waals surface area (Å²) in [6.45, 7) is 1.85. The number of allylic oxidation sites excluding steroid dienone is 1. The predicted octanol–water partition coefficient (Wildman–Crippen LogP) is 3.53. The highest BCUT2D eigenvalue weighted by atomic mass is 79.9. The highest BCUT2D eigenvalue weighted by Gasteiger charge is 2.43. The van der Waals surface area contributed by atoms with Gasteiger partial charge < -0.3 is 14.9 Å². The minimum atomic E-state index is -0.0422. The summed E-state index contributed by atoms with van der Waals surface area (Å²) < 4.78 is 0.897. The van der Waals surface area contributed by atoms with Crippen LogP contribution in [0.1, 0.15) is 28.8 Å². The monoisotopic (exact) mass is 425 g/mol. The number of likely N-dealkylation sites (tertiary alicyclic amines) is 1. The SMILES string of the molecule is O=C1/C(=C/N2C[C@H]3C[C@@H]2CN3c2ccccn2)CCc2c(Br)ccc(O)c21. The van der Waals surface area contributed by atoms with Gasteiger partial charge in [-0.15, -0.1) is 0 Å². The molecule has 2 fully saturated rings. The summed E-state index contributed by atoms with van der Waals surface area (Å²) in [6.07, 6.45) is 6.47. The number of hydrogen-bond acceptors (Lipinski definition) is 5. The van der Waals surface area contributed by atoms with Gasteiger partial charge in [0.2, 0.25) is 0 Å². The maximum absolute atomic E-state index is 13.0. The fourth-order valence-electron chi connectivity index (χ4n) is 4.63. The number of pyridine rings is 1. The van der Waals surface area contributed by atoms with Crippen molar-refractivity contribution in [1.29, 1.82) is 0 Å². The Labute approximate surface area is 166 Å². The van der Waals surface area contributed by atoms with Crippen molar-refractivity contribution in [1.82, 2.24) is 9.88 Å². The number of anilines is 1. The summed E-state index contributed by atoms with van der Waals surface area (Å²) in [5.41, 5.74) is 2.18. The first-order valence-corrected chi connectivity index (χ1v) is 10.1. The molecular weight excluding hydrogens is 406 g/mol. The number of ketones is 1. The van der Waals surface area contributed by atoms with Gasteiger partial charge in [-0.1, -0.05) is 22.0 Å². The highest BCUT2D eigenvalue weighted by Crippen LogP contribution is 2.38. The van der Waals surface area contributed by atoms with Gasteiger partial charge in [-0.3, -0.25) is 4.79 Å². The molecule has 0 spiro atoms. The molecule has 5 rings (SSSR count). The van der Waals surface area contributed by atoms with Crippen molar-refractivity contribution >= 4 is 27.5 Å². The summed E-state index contributed by atoms with van der Waals surface area (Å²) in [5, 5.41) is 10.2. The molecule has 6 heteroatoms. The van der Waals surface area contributed by atoms with Gasteiger partial charge in [0.25, 0.3) is 0 Å². The number of halogens is 1. The Morgan fingerprint density at radius 2 is 2.04 bits per heavy atom. The Morgan fingerprint density at radius 1 is 1.15 bits per heavy atom. The fraction of sp³-hybridized carbons (Fsp3) is 0.333. The zero-order valence-electron chi connectivity index (χ0n) is 14.8. The second kappa shape index (κ2) is 6.37. The van der Waals surface area contributed by atoms with E-state index in [1.54, 1.807) is 6.07 Å². The molecule has 2 aromatic rings. The molecule has 5 nitrogen and oxygen atoms in total. The third-order valence-corrected chi connectivity index (χ3v) is 6.69. The van der Waals surface area contributed by atoms with Crippen LogP contribution in [-0.4, -0.2) is 45.9 Å². The second-order valence-corrected chi connectivity index (χ2v) is 8.34. The van der Waals surface area contributed by atoms with E-state index in [1.807, 2.05) is 30.6 Å². The van der Waals surface area contributed by atoms with Crippen LogP contribution in [-0.2, 0) is 6.42 Å². The molecule has 2 aliphatic heterocycles. The van der Waals surface area contributed by atoms with Crippen molar-refractivity contribution in [3.8, 4) is 5.75 Å². The van der Waals surface area contributed by atoms with E-state index in [1.165, 1.54) is 0 Å². The molecule has 1 aliphatic carbocycles. The fourth-order valence-corrected chi connectivity index (χ4v) is 5.15. The van der Waals surface area contributed by atoms with Crippen LogP contribution in [0.4, 0.5) is 5.82 Å². The largest absolute Gasteiger partial charge is 0.507 e. The van der Waals surface area contributed by atoms with Crippen LogP contribution in [0.15, 0.2) is 52.8 Å². The van der Waals surface area contributed by atoms with E-state index < -0.39 is 0 Å². The van der Waals surface area contributed by atoms with Crippen molar-refractivity contribution < 1.29 is 9.90 Å². The first kappa shape index (κ1) is 16.8. The van der Waals surface area contributed by atoms with Gasteiger partial charge in [-0.25, -0.2) is 4.98 Å². The number of carbonyl (C=O) groups is 1. The molecule has 3 aliphatic rings. The number of aromatic nitrogens is 1. The van der Waals surface area contributed by atoms with E-state index in [0.29, 0.717) is 24.1 Å². The number of fused-ring (bicyclic) bond motifs is 3. The Hall–Kier alpha value is -2.34. The van der Waals surface area contributed by atoms with Crippen LogP contribution in [0.25, 0.3) is 0 Å². The van der Waals surface area contributed by atoms with E-state index in [0.717, 1.165) is 47.4 Å². The van der Waals surface area contributed by atoms with Gasteiger partial charge in [0.15, 0.2) is 5.78 Å². The molecule has 2 atom stereocenters. The van der Waals surface area contributed by atoms with Crippen molar-refractivity contribution in [2.75, 3.05) is 18.0 Å². The Kier molecular flexibility index (Phi) is 3.97. The maximum Gasteiger partial charge on any atom is 0.194 e. The number of rotatable bonds is 2. The normalized spacial score (nSPS) is 25.4. The molecule has 27 heavy (non-hydrogen) atoms. The Bertz CT molecular complexity index is 944. The van der Waals surface area contributed by atoms with Gasteiger partial charge in [-0.05, 0) is 49.1 Å². The molecule has 1 aromatic heterocycles. The number of hydrogen-bond donors (Lipinski definition) is 1. The number of benzene rings is 1. The minimum Gasteiger partial charge on any atom is -0.507 e. The minimum absolute atomic E-state index is 0.0422. The van der Waals surface area contributed by atoms with Gasteiger partial charge >= 0.3 is 0 Å². The predicted molar refractivity (Wildman–Crippen MR) is 107 cm³/mol. The van der Waals surface area contributed by atoms with E-state index >= 15 is 0 Å². The van der Waals surface area contributed by atoms with Crippen LogP contribution in [0.2, 0.25) is 0 Å². The van der Waals surface area contributed by atoms with Gasteiger partial charge in [0.1, 0.15) is 11.6 Å².